The van der Waals surface area contributed by atoms with Crippen molar-refractivity contribution in [3.63, 3.8) is 0 Å². The lowest BCUT2D eigenvalue weighted by Gasteiger charge is -2.19. The molecule has 0 aliphatic rings. The summed E-state index contributed by atoms with van der Waals surface area (Å²) in [5, 5.41) is 8.73. The van der Waals surface area contributed by atoms with Gasteiger partial charge in [-0.25, -0.2) is 0 Å². The van der Waals surface area contributed by atoms with E-state index < -0.39 is 11.9 Å². The second-order valence-corrected chi connectivity index (χ2v) is 7.90. The lowest BCUT2D eigenvalue weighted by molar-refractivity contribution is -0.119. The Morgan fingerprint density at radius 2 is 1.44 bits per heavy atom. The minimum atomic E-state index is -0.721. The number of nitrogens with two attached hydrogens (primary N) is 1. The summed E-state index contributed by atoms with van der Waals surface area (Å²) >= 11 is 1.25. The molecule has 0 bridgehead atoms. The van der Waals surface area contributed by atoms with E-state index in [4.69, 9.17) is 5.73 Å². The van der Waals surface area contributed by atoms with Crippen LogP contribution in [0.3, 0.4) is 0 Å². The average molecular weight is 449 g/mol. The lowest BCUT2D eigenvalue weighted by Crippen LogP contribution is -2.37. The number of para-hydroxylation sites is 2. The van der Waals surface area contributed by atoms with Crippen LogP contribution in [0.5, 0.6) is 0 Å². The zero-order chi connectivity index (χ0) is 22.8. The SMILES string of the molecule is NC(=O)CSc1ccccc1NC(=O)CNC(C(=O)Nc1ccccc1)c1ccccc1. The van der Waals surface area contributed by atoms with E-state index in [1.807, 2.05) is 54.6 Å². The third-order valence-electron chi connectivity index (χ3n) is 4.43. The van der Waals surface area contributed by atoms with Crippen LogP contribution >= 0.6 is 11.8 Å². The molecule has 1 atom stereocenters. The molecule has 1 unspecified atom stereocenters. The number of hydrogen-bond acceptors (Lipinski definition) is 5. The number of carbonyl (C=O) groups is 3. The summed E-state index contributed by atoms with van der Waals surface area (Å²) < 4.78 is 0. The van der Waals surface area contributed by atoms with Crippen molar-refractivity contribution in [2.75, 3.05) is 22.9 Å². The van der Waals surface area contributed by atoms with Gasteiger partial charge in [0, 0.05) is 10.6 Å². The first-order valence-electron chi connectivity index (χ1n) is 9.97. The molecule has 3 aromatic carbocycles. The Morgan fingerprint density at radius 1 is 0.812 bits per heavy atom. The summed E-state index contributed by atoms with van der Waals surface area (Å²) in [4.78, 5) is 37.4. The van der Waals surface area contributed by atoms with Crippen LogP contribution in [0.2, 0.25) is 0 Å². The molecule has 3 aromatic rings. The summed E-state index contributed by atoms with van der Waals surface area (Å²) in [5.74, 6) is -0.910. The first-order chi connectivity index (χ1) is 15.5. The Hall–Kier alpha value is -3.62. The monoisotopic (exact) mass is 448 g/mol. The minimum Gasteiger partial charge on any atom is -0.369 e. The Balaban J connectivity index is 1.66. The number of nitrogens with one attached hydrogen (secondary N) is 3. The molecule has 0 spiro atoms. The fourth-order valence-electron chi connectivity index (χ4n) is 2.98. The average Bonchev–Trinajstić information content (AvgIpc) is 2.80. The normalized spacial score (nSPS) is 11.4. The highest BCUT2D eigenvalue weighted by Crippen LogP contribution is 2.26. The fourth-order valence-corrected chi connectivity index (χ4v) is 3.72. The Morgan fingerprint density at radius 3 is 2.12 bits per heavy atom. The smallest absolute Gasteiger partial charge is 0.246 e. The highest BCUT2D eigenvalue weighted by molar-refractivity contribution is 8.00. The van der Waals surface area contributed by atoms with Crippen molar-refractivity contribution in [2.45, 2.75) is 10.9 Å². The molecule has 0 aliphatic carbocycles. The first kappa shape index (κ1) is 23.1. The summed E-state index contributed by atoms with van der Waals surface area (Å²) in [5.41, 5.74) is 7.21. The van der Waals surface area contributed by atoms with Crippen LogP contribution in [-0.4, -0.2) is 30.0 Å². The second-order valence-electron chi connectivity index (χ2n) is 6.88. The van der Waals surface area contributed by atoms with Crippen molar-refractivity contribution < 1.29 is 14.4 Å². The number of anilines is 2. The van der Waals surface area contributed by atoms with Crippen molar-refractivity contribution in [2.24, 2.45) is 5.73 Å². The molecule has 8 heteroatoms. The van der Waals surface area contributed by atoms with E-state index in [2.05, 4.69) is 16.0 Å². The molecular formula is C24H24N4O3S. The Bertz CT molecular complexity index is 1060. The van der Waals surface area contributed by atoms with Crippen LogP contribution in [-0.2, 0) is 14.4 Å². The van der Waals surface area contributed by atoms with Crippen LogP contribution in [0.25, 0.3) is 0 Å². The van der Waals surface area contributed by atoms with Crippen LogP contribution in [0.1, 0.15) is 11.6 Å². The van der Waals surface area contributed by atoms with Gasteiger partial charge in [0.1, 0.15) is 6.04 Å². The van der Waals surface area contributed by atoms with Gasteiger partial charge in [-0.3, -0.25) is 19.7 Å². The van der Waals surface area contributed by atoms with E-state index in [0.717, 1.165) is 10.5 Å². The van der Waals surface area contributed by atoms with Crippen molar-refractivity contribution in [1.82, 2.24) is 5.32 Å². The molecule has 3 amide bonds. The van der Waals surface area contributed by atoms with Gasteiger partial charge in [0.05, 0.1) is 18.0 Å². The van der Waals surface area contributed by atoms with E-state index in [9.17, 15) is 14.4 Å². The fraction of sp³-hybridized carbons (Fsp3) is 0.125. The van der Waals surface area contributed by atoms with Gasteiger partial charge >= 0.3 is 0 Å². The number of thioether (sulfide) groups is 1. The zero-order valence-corrected chi connectivity index (χ0v) is 18.1. The Kier molecular flexibility index (Phi) is 8.42. The summed E-state index contributed by atoms with van der Waals surface area (Å²) in [6, 6.07) is 24.8. The van der Waals surface area contributed by atoms with Crippen LogP contribution in [0, 0.1) is 0 Å². The summed E-state index contributed by atoms with van der Waals surface area (Å²) in [6.45, 7) is -0.0867. The van der Waals surface area contributed by atoms with Crippen molar-refractivity contribution >= 4 is 40.9 Å². The number of benzene rings is 3. The molecule has 0 saturated heterocycles. The molecule has 5 N–H and O–H groups in total. The van der Waals surface area contributed by atoms with E-state index in [0.29, 0.717) is 11.4 Å². The number of amides is 3. The predicted octanol–water partition coefficient (Wildman–Crippen LogP) is 3.17. The predicted molar refractivity (Wildman–Crippen MR) is 127 cm³/mol. The first-order valence-corrected chi connectivity index (χ1v) is 11.0. The van der Waals surface area contributed by atoms with Gasteiger partial charge in [0.25, 0.3) is 0 Å². The van der Waals surface area contributed by atoms with Gasteiger partial charge in [-0.2, -0.15) is 0 Å². The van der Waals surface area contributed by atoms with E-state index in [1.165, 1.54) is 11.8 Å². The van der Waals surface area contributed by atoms with Gasteiger partial charge < -0.3 is 16.4 Å². The highest BCUT2D eigenvalue weighted by atomic mass is 32.2. The maximum atomic E-state index is 12.9. The molecule has 164 valence electrons. The quantitative estimate of drug-likeness (QED) is 0.356. The van der Waals surface area contributed by atoms with E-state index in [1.54, 1.807) is 30.3 Å². The molecule has 3 rings (SSSR count). The number of hydrogen-bond donors (Lipinski definition) is 4. The van der Waals surface area contributed by atoms with E-state index in [-0.39, 0.29) is 24.1 Å². The van der Waals surface area contributed by atoms with Crippen LogP contribution < -0.4 is 21.7 Å². The molecular weight excluding hydrogens is 424 g/mol. The maximum absolute atomic E-state index is 12.9. The number of primary amides is 1. The maximum Gasteiger partial charge on any atom is 0.246 e. The third-order valence-corrected chi connectivity index (χ3v) is 5.53. The molecule has 0 heterocycles. The molecule has 0 aliphatic heterocycles. The molecule has 0 aromatic heterocycles. The minimum absolute atomic E-state index is 0.0867. The van der Waals surface area contributed by atoms with Gasteiger partial charge in [-0.15, -0.1) is 11.8 Å². The summed E-state index contributed by atoms with van der Waals surface area (Å²) in [6.07, 6.45) is 0. The number of carbonyl (C=O) groups excluding carboxylic acids is 3. The highest BCUT2D eigenvalue weighted by Gasteiger charge is 2.21. The molecule has 0 fully saturated rings. The largest absolute Gasteiger partial charge is 0.369 e. The third kappa shape index (κ3) is 6.97. The van der Waals surface area contributed by atoms with Crippen molar-refractivity contribution in [3.8, 4) is 0 Å². The van der Waals surface area contributed by atoms with Gasteiger partial charge in [0.2, 0.25) is 17.7 Å². The Labute approximate surface area is 190 Å². The van der Waals surface area contributed by atoms with Crippen LogP contribution in [0.4, 0.5) is 11.4 Å². The van der Waals surface area contributed by atoms with Gasteiger partial charge in [-0.1, -0.05) is 60.7 Å². The number of rotatable bonds is 10. The van der Waals surface area contributed by atoms with Crippen LogP contribution in [0.15, 0.2) is 89.8 Å². The molecule has 0 saturated carbocycles. The van der Waals surface area contributed by atoms with Gasteiger partial charge in [0.15, 0.2) is 0 Å². The van der Waals surface area contributed by atoms with Crippen molar-refractivity contribution in [1.29, 1.82) is 0 Å². The van der Waals surface area contributed by atoms with Gasteiger partial charge in [-0.05, 0) is 29.8 Å². The molecule has 0 radical (unpaired) electrons. The molecule has 7 nitrogen and oxygen atoms in total. The summed E-state index contributed by atoms with van der Waals surface area (Å²) in [7, 11) is 0. The molecule has 32 heavy (non-hydrogen) atoms. The second kappa shape index (κ2) is 11.7. The van der Waals surface area contributed by atoms with E-state index >= 15 is 0 Å². The topological polar surface area (TPSA) is 113 Å². The lowest BCUT2D eigenvalue weighted by atomic mass is 10.1. The zero-order valence-electron chi connectivity index (χ0n) is 17.3. The standard InChI is InChI=1S/C24H24N4O3S/c25-21(29)16-32-20-14-8-7-13-19(20)28-22(30)15-26-23(17-9-3-1-4-10-17)24(31)27-18-11-5-2-6-12-18/h1-14,23,26H,15-16H2,(H2,25,29)(H,27,31)(H,28,30). The van der Waals surface area contributed by atoms with Crippen molar-refractivity contribution in [3.05, 3.63) is 90.5 Å².